The Labute approximate surface area is 116 Å². The number of nitrogens with one attached hydrogen (secondary N) is 1. The minimum Gasteiger partial charge on any atom is -0.504 e. The number of benzene rings is 1. The Morgan fingerprint density at radius 3 is 2.67 bits per heavy atom. The molecule has 0 bridgehead atoms. The third kappa shape index (κ3) is 2.79. The van der Waals surface area contributed by atoms with Crippen molar-refractivity contribution >= 4 is 15.9 Å². The van der Waals surface area contributed by atoms with E-state index in [-0.39, 0.29) is 11.8 Å². The lowest BCUT2D eigenvalue weighted by molar-refractivity contribution is 0.182. The number of phenolic OH excluding ortho intramolecular Hbond substituents is 1. The molecular formula is C13H19BrN2O2. The molecule has 0 aliphatic carbocycles. The van der Waals surface area contributed by atoms with Crippen LogP contribution in [0.4, 0.5) is 0 Å². The van der Waals surface area contributed by atoms with E-state index < -0.39 is 0 Å². The van der Waals surface area contributed by atoms with E-state index in [1.54, 1.807) is 13.2 Å². The molecule has 0 unspecified atom stereocenters. The fourth-order valence-corrected chi connectivity index (χ4v) is 2.79. The molecule has 1 aromatic rings. The summed E-state index contributed by atoms with van der Waals surface area (Å²) in [7, 11) is 1.57. The van der Waals surface area contributed by atoms with Crippen molar-refractivity contribution in [1.29, 1.82) is 0 Å². The van der Waals surface area contributed by atoms with E-state index in [1.165, 1.54) is 0 Å². The van der Waals surface area contributed by atoms with Crippen molar-refractivity contribution < 1.29 is 9.84 Å². The number of piperazine rings is 1. The van der Waals surface area contributed by atoms with Crippen molar-refractivity contribution in [2.45, 2.75) is 13.0 Å². The molecule has 5 heteroatoms. The zero-order chi connectivity index (χ0) is 13.1. The lowest BCUT2D eigenvalue weighted by Gasteiger charge is -2.33. The van der Waals surface area contributed by atoms with E-state index in [4.69, 9.17) is 4.74 Å². The van der Waals surface area contributed by atoms with Crippen molar-refractivity contribution in [3.63, 3.8) is 0 Å². The van der Waals surface area contributed by atoms with Gasteiger partial charge in [-0.25, -0.2) is 0 Å². The topological polar surface area (TPSA) is 44.7 Å². The van der Waals surface area contributed by atoms with Crippen LogP contribution in [0.3, 0.4) is 0 Å². The summed E-state index contributed by atoms with van der Waals surface area (Å²) in [4.78, 5) is 2.36. The maximum atomic E-state index is 10.2. The van der Waals surface area contributed by atoms with Crippen LogP contribution in [0.25, 0.3) is 0 Å². The molecule has 2 rings (SSSR count). The van der Waals surface area contributed by atoms with Crippen LogP contribution in [0.15, 0.2) is 16.6 Å². The molecule has 0 amide bonds. The van der Waals surface area contributed by atoms with Gasteiger partial charge < -0.3 is 15.2 Å². The molecule has 2 N–H and O–H groups in total. The maximum absolute atomic E-state index is 10.2. The van der Waals surface area contributed by atoms with Crippen LogP contribution in [-0.2, 0) is 0 Å². The second-order valence-electron chi connectivity index (χ2n) is 4.51. The summed E-state index contributed by atoms with van der Waals surface area (Å²) in [6.07, 6.45) is 0. The molecule has 4 nitrogen and oxygen atoms in total. The van der Waals surface area contributed by atoms with Gasteiger partial charge in [0.1, 0.15) is 0 Å². The fourth-order valence-electron chi connectivity index (χ4n) is 2.33. The Balaban J connectivity index is 2.28. The van der Waals surface area contributed by atoms with Crippen molar-refractivity contribution in [1.82, 2.24) is 10.2 Å². The summed E-state index contributed by atoms with van der Waals surface area (Å²) in [5, 5.41) is 13.6. The molecule has 0 radical (unpaired) electrons. The van der Waals surface area contributed by atoms with Crippen molar-refractivity contribution in [3.05, 3.63) is 22.2 Å². The SMILES string of the molecule is COc1cc(Br)cc([C@@H](C)N2CCNCC2)c1O. The number of phenols is 1. The minimum absolute atomic E-state index is 0.179. The molecule has 0 aromatic heterocycles. The molecule has 100 valence electrons. The maximum Gasteiger partial charge on any atom is 0.162 e. The molecule has 1 atom stereocenters. The molecule has 1 fully saturated rings. The average molecular weight is 315 g/mol. The quantitative estimate of drug-likeness (QED) is 0.897. The van der Waals surface area contributed by atoms with E-state index in [0.717, 1.165) is 36.2 Å². The number of nitrogens with zero attached hydrogens (tertiary/aromatic N) is 1. The Kier molecular flexibility index (Phi) is 4.48. The molecule has 1 aromatic carbocycles. The van der Waals surface area contributed by atoms with Crippen LogP contribution < -0.4 is 10.1 Å². The molecular weight excluding hydrogens is 296 g/mol. The number of aromatic hydroxyl groups is 1. The molecule has 1 aliphatic rings. The third-order valence-electron chi connectivity index (χ3n) is 3.44. The second kappa shape index (κ2) is 5.91. The van der Waals surface area contributed by atoms with Gasteiger partial charge in [0.15, 0.2) is 11.5 Å². The first-order valence-corrected chi connectivity index (χ1v) is 6.94. The summed E-state index contributed by atoms with van der Waals surface area (Å²) in [6, 6.07) is 3.92. The van der Waals surface area contributed by atoms with Crippen molar-refractivity contribution in [3.8, 4) is 11.5 Å². The van der Waals surface area contributed by atoms with Crippen molar-refractivity contribution in [2.24, 2.45) is 0 Å². The second-order valence-corrected chi connectivity index (χ2v) is 5.42. The van der Waals surface area contributed by atoms with Gasteiger partial charge in [-0.15, -0.1) is 0 Å². The van der Waals surface area contributed by atoms with Gasteiger partial charge in [-0.05, 0) is 19.1 Å². The first-order valence-electron chi connectivity index (χ1n) is 6.14. The summed E-state index contributed by atoms with van der Waals surface area (Å²) >= 11 is 3.46. The first kappa shape index (κ1) is 13.6. The molecule has 18 heavy (non-hydrogen) atoms. The van der Waals surface area contributed by atoms with Crippen LogP contribution in [-0.4, -0.2) is 43.3 Å². The highest BCUT2D eigenvalue weighted by atomic mass is 79.9. The van der Waals surface area contributed by atoms with E-state index >= 15 is 0 Å². The summed E-state index contributed by atoms with van der Waals surface area (Å²) in [6.45, 7) is 6.10. The van der Waals surface area contributed by atoms with Crippen LogP contribution >= 0.6 is 15.9 Å². The highest BCUT2D eigenvalue weighted by molar-refractivity contribution is 9.10. The first-order chi connectivity index (χ1) is 8.63. The van der Waals surface area contributed by atoms with Gasteiger partial charge in [-0.1, -0.05) is 15.9 Å². The predicted molar refractivity (Wildman–Crippen MR) is 75.2 cm³/mol. The zero-order valence-corrected chi connectivity index (χ0v) is 12.3. The van der Waals surface area contributed by atoms with Gasteiger partial charge in [-0.3, -0.25) is 4.90 Å². The Morgan fingerprint density at radius 2 is 2.06 bits per heavy atom. The molecule has 1 aliphatic heterocycles. The Bertz CT molecular complexity index is 420. The molecule has 0 saturated carbocycles. The number of halogens is 1. The Hall–Kier alpha value is -0.780. The summed E-state index contributed by atoms with van der Waals surface area (Å²) in [5.41, 5.74) is 0.906. The highest BCUT2D eigenvalue weighted by Crippen LogP contribution is 2.38. The van der Waals surface area contributed by atoms with Gasteiger partial charge in [0.05, 0.1) is 7.11 Å². The molecule has 0 spiro atoms. The number of ether oxygens (including phenoxy) is 1. The normalized spacial score (nSPS) is 18.6. The predicted octanol–water partition coefficient (Wildman–Crippen LogP) is 2.13. The van der Waals surface area contributed by atoms with Gasteiger partial charge >= 0.3 is 0 Å². The van der Waals surface area contributed by atoms with E-state index in [0.29, 0.717) is 5.75 Å². The van der Waals surface area contributed by atoms with E-state index in [2.05, 4.69) is 33.1 Å². The van der Waals surface area contributed by atoms with Crippen LogP contribution in [0, 0.1) is 0 Å². The number of hydrogen-bond donors (Lipinski definition) is 2. The highest BCUT2D eigenvalue weighted by Gasteiger charge is 2.22. The van der Waals surface area contributed by atoms with Gasteiger partial charge in [-0.2, -0.15) is 0 Å². The summed E-state index contributed by atoms with van der Waals surface area (Å²) < 4.78 is 6.12. The number of hydrogen-bond acceptors (Lipinski definition) is 4. The summed E-state index contributed by atoms with van der Waals surface area (Å²) in [5.74, 6) is 0.757. The van der Waals surface area contributed by atoms with Gasteiger partial charge in [0.25, 0.3) is 0 Å². The van der Waals surface area contributed by atoms with Crippen LogP contribution in [0.5, 0.6) is 11.5 Å². The monoisotopic (exact) mass is 314 g/mol. The Morgan fingerprint density at radius 1 is 1.39 bits per heavy atom. The van der Waals surface area contributed by atoms with E-state index in [9.17, 15) is 5.11 Å². The van der Waals surface area contributed by atoms with Crippen LogP contribution in [0.1, 0.15) is 18.5 Å². The fraction of sp³-hybridized carbons (Fsp3) is 0.538. The van der Waals surface area contributed by atoms with E-state index in [1.807, 2.05) is 6.07 Å². The zero-order valence-electron chi connectivity index (χ0n) is 10.7. The van der Waals surface area contributed by atoms with Crippen molar-refractivity contribution in [2.75, 3.05) is 33.3 Å². The van der Waals surface area contributed by atoms with Gasteiger partial charge in [0, 0.05) is 42.3 Å². The smallest absolute Gasteiger partial charge is 0.162 e. The van der Waals surface area contributed by atoms with Gasteiger partial charge in [0.2, 0.25) is 0 Å². The molecule has 1 saturated heterocycles. The average Bonchev–Trinajstić information content (AvgIpc) is 2.41. The third-order valence-corrected chi connectivity index (χ3v) is 3.90. The number of rotatable bonds is 3. The number of methoxy groups -OCH3 is 1. The van der Waals surface area contributed by atoms with Crippen LogP contribution in [0.2, 0.25) is 0 Å². The largest absolute Gasteiger partial charge is 0.504 e. The lowest BCUT2D eigenvalue weighted by atomic mass is 10.0. The standard InChI is InChI=1S/C13H19BrN2O2/c1-9(16-5-3-15-4-6-16)11-7-10(14)8-12(18-2)13(11)17/h7-9,15,17H,3-6H2,1-2H3/t9-/m1/s1. The lowest BCUT2D eigenvalue weighted by Crippen LogP contribution is -2.44. The minimum atomic E-state index is 0.179. The molecule has 1 heterocycles.